The Hall–Kier alpha value is -1.08. The highest BCUT2D eigenvalue weighted by Crippen LogP contribution is 2.35. The highest BCUT2D eigenvalue weighted by atomic mass is 32.2. The summed E-state index contributed by atoms with van der Waals surface area (Å²) in [6, 6.07) is 0. The third kappa shape index (κ3) is 2.67. The lowest BCUT2D eigenvalue weighted by Gasteiger charge is -2.39. The molecule has 1 saturated heterocycles. The lowest BCUT2D eigenvalue weighted by atomic mass is 10.2. The van der Waals surface area contributed by atoms with Crippen LogP contribution in [0.3, 0.4) is 0 Å². The Morgan fingerprint density at radius 1 is 1.56 bits per heavy atom. The van der Waals surface area contributed by atoms with E-state index in [1.165, 1.54) is 28.0 Å². The molecule has 1 fully saturated rings. The fourth-order valence-corrected chi connectivity index (χ4v) is 3.50. The van der Waals surface area contributed by atoms with Gasteiger partial charge in [-0.25, -0.2) is 4.98 Å². The molecule has 18 heavy (non-hydrogen) atoms. The normalized spacial score (nSPS) is 18.4. The van der Waals surface area contributed by atoms with Crippen molar-refractivity contribution in [1.82, 2.24) is 9.88 Å². The fourth-order valence-electron chi connectivity index (χ4n) is 1.62. The predicted octanol–water partition coefficient (Wildman–Crippen LogP) is 1.66. The Morgan fingerprint density at radius 2 is 2.28 bits per heavy atom. The minimum atomic E-state index is -0.0891. The molecule has 1 amide bonds. The van der Waals surface area contributed by atoms with E-state index in [9.17, 15) is 9.59 Å². The molecule has 5 nitrogen and oxygen atoms in total. The van der Waals surface area contributed by atoms with E-state index >= 15 is 0 Å². The zero-order valence-corrected chi connectivity index (χ0v) is 12.2. The van der Waals surface area contributed by atoms with Crippen molar-refractivity contribution in [2.24, 2.45) is 0 Å². The van der Waals surface area contributed by atoms with Gasteiger partial charge in [-0.15, -0.1) is 11.3 Å². The van der Waals surface area contributed by atoms with Crippen molar-refractivity contribution in [3.8, 4) is 0 Å². The van der Waals surface area contributed by atoms with E-state index in [-0.39, 0.29) is 16.4 Å². The molecule has 1 unspecified atom stereocenters. The van der Waals surface area contributed by atoms with Crippen LogP contribution in [0.5, 0.6) is 0 Å². The molecule has 1 aliphatic rings. The monoisotopic (exact) mass is 285 g/mol. The van der Waals surface area contributed by atoms with Crippen LogP contribution >= 0.6 is 23.1 Å². The van der Waals surface area contributed by atoms with Gasteiger partial charge in [-0.1, -0.05) is 11.8 Å². The van der Waals surface area contributed by atoms with Crippen molar-refractivity contribution in [2.75, 3.05) is 25.5 Å². The summed E-state index contributed by atoms with van der Waals surface area (Å²) in [5.74, 6) is -0.0891. The maximum atomic E-state index is 11.7. The summed E-state index contributed by atoms with van der Waals surface area (Å²) >= 11 is 2.78. The molecule has 7 heteroatoms. The highest BCUT2D eigenvalue weighted by molar-refractivity contribution is 8.14. The number of carbonyl (C=O) groups is 2. The Kier molecular flexibility index (Phi) is 3.91. The first kappa shape index (κ1) is 13.4. The molecule has 0 aliphatic carbocycles. The Morgan fingerprint density at radius 3 is 2.78 bits per heavy atom. The van der Waals surface area contributed by atoms with Crippen LogP contribution in [-0.4, -0.2) is 46.9 Å². The van der Waals surface area contributed by atoms with E-state index in [0.717, 1.165) is 18.1 Å². The van der Waals surface area contributed by atoms with Crippen molar-refractivity contribution in [3.05, 3.63) is 11.1 Å². The summed E-state index contributed by atoms with van der Waals surface area (Å²) in [5.41, 5.74) is 0.471. The number of anilines is 1. The highest BCUT2D eigenvalue weighted by Gasteiger charge is 2.32. The van der Waals surface area contributed by atoms with Crippen molar-refractivity contribution in [3.63, 3.8) is 0 Å². The first-order valence-electron chi connectivity index (χ1n) is 5.60. The molecule has 1 aliphatic heterocycles. The summed E-state index contributed by atoms with van der Waals surface area (Å²) in [5, 5.41) is 2.89. The van der Waals surface area contributed by atoms with Crippen LogP contribution in [0.2, 0.25) is 0 Å². The molecule has 0 bridgehead atoms. The second-order valence-electron chi connectivity index (χ2n) is 4.26. The van der Waals surface area contributed by atoms with E-state index in [4.69, 9.17) is 0 Å². The maximum absolute atomic E-state index is 11.7. The van der Waals surface area contributed by atoms with Crippen LogP contribution < -0.4 is 4.90 Å². The van der Waals surface area contributed by atoms with Crippen LogP contribution in [0, 0.1) is 0 Å². The second kappa shape index (κ2) is 5.27. The topological polar surface area (TPSA) is 53.5 Å². The van der Waals surface area contributed by atoms with Crippen LogP contribution in [-0.2, 0) is 4.79 Å². The molecule has 0 saturated carbocycles. The van der Waals surface area contributed by atoms with Gasteiger partial charge in [0.15, 0.2) is 10.2 Å². The van der Waals surface area contributed by atoms with Gasteiger partial charge in [-0.2, -0.15) is 0 Å². The van der Waals surface area contributed by atoms with E-state index in [1.54, 1.807) is 26.4 Å². The molecule has 2 heterocycles. The summed E-state index contributed by atoms with van der Waals surface area (Å²) in [7, 11) is 3.42. The molecule has 0 radical (unpaired) electrons. The number of nitrogens with zero attached hydrogens (tertiary/aromatic N) is 3. The SMILES string of the molecule is CC(=O)SC1CCN1c1nc(C(=O)N(C)C)cs1. The molecule has 2 rings (SSSR count). The molecule has 1 aromatic heterocycles. The number of thiazole rings is 1. The predicted molar refractivity (Wildman–Crippen MR) is 74.2 cm³/mol. The quantitative estimate of drug-likeness (QED) is 0.845. The summed E-state index contributed by atoms with van der Waals surface area (Å²) in [6.45, 7) is 2.47. The smallest absolute Gasteiger partial charge is 0.272 e. The zero-order valence-electron chi connectivity index (χ0n) is 10.5. The van der Waals surface area contributed by atoms with Crippen LogP contribution in [0.25, 0.3) is 0 Å². The maximum Gasteiger partial charge on any atom is 0.272 e. The molecule has 98 valence electrons. The van der Waals surface area contributed by atoms with Gasteiger partial charge in [0.25, 0.3) is 5.91 Å². The number of rotatable bonds is 3. The van der Waals surface area contributed by atoms with Gasteiger partial charge in [-0.05, 0) is 6.42 Å². The summed E-state index contributed by atoms with van der Waals surface area (Å²) < 4.78 is 0. The van der Waals surface area contributed by atoms with Crippen molar-refractivity contribution in [2.45, 2.75) is 18.7 Å². The number of thioether (sulfide) groups is 1. The molecule has 1 aromatic rings. The number of hydrogen-bond acceptors (Lipinski definition) is 6. The Balaban J connectivity index is 2.06. The lowest BCUT2D eigenvalue weighted by molar-refractivity contribution is -0.109. The summed E-state index contributed by atoms with van der Waals surface area (Å²) in [4.78, 5) is 30.7. The van der Waals surface area contributed by atoms with Gasteiger partial charge < -0.3 is 9.80 Å². The molecule has 1 atom stereocenters. The third-order valence-electron chi connectivity index (χ3n) is 2.63. The largest absolute Gasteiger partial charge is 0.343 e. The first-order valence-corrected chi connectivity index (χ1v) is 7.36. The van der Waals surface area contributed by atoms with Crippen molar-refractivity contribution >= 4 is 39.3 Å². The fraction of sp³-hybridized carbons (Fsp3) is 0.545. The van der Waals surface area contributed by atoms with Gasteiger partial charge in [0.2, 0.25) is 0 Å². The van der Waals surface area contributed by atoms with Crippen LogP contribution in [0.4, 0.5) is 5.13 Å². The standard InChI is InChI=1S/C11H15N3O2S2/c1-7(15)18-9-4-5-14(9)11-12-8(6-17-11)10(16)13(2)3/h6,9H,4-5H2,1-3H3. The third-order valence-corrected chi connectivity index (χ3v) is 4.60. The molecule has 0 N–H and O–H groups in total. The van der Waals surface area contributed by atoms with Gasteiger partial charge in [0, 0.05) is 32.9 Å². The van der Waals surface area contributed by atoms with Crippen molar-refractivity contribution < 1.29 is 9.59 Å². The van der Waals surface area contributed by atoms with Gasteiger partial charge in [-0.3, -0.25) is 9.59 Å². The minimum Gasteiger partial charge on any atom is -0.343 e. The average molecular weight is 285 g/mol. The molecular weight excluding hydrogens is 270 g/mol. The Bertz CT molecular complexity index is 473. The van der Waals surface area contributed by atoms with E-state index in [0.29, 0.717) is 5.69 Å². The molecule has 0 aromatic carbocycles. The number of amides is 1. The van der Waals surface area contributed by atoms with E-state index < -0.39 is 0 Å². The Labute approximate surface area is 114 Å². The lowest BCUT2D eigenvalue weighted by Crippen LogP contribution is -2.46. The van der Waals surface area contributed by atoms with Crippen LogP contribution in [0.1, 0.15) is 23.8 Å². The average Bonchev–Trinajstić information content (AvgIpc) is 2.72. The summed E-state index contributed by atoms with van der Waals surface area (Å²) in [6.07, 6.45) is 0.987. The van der Waals surface area contributed by atoms with Gasteiger partial charge in [0.1, 0.15) is 5.69 Å². The van der Waals surface area contributed by atoms with Crippen molar-refractivity contribution in [1.29, 1.82) is 0 Å². The van der Waals surface area contributed by atoms with Gasteiger partial charge in [0.05, 0.1) is 5.37 Å². The van der Waals surface area contributed by atoms with E-state index in [2.05, 4.69) is 9.88 Å². The first-order chi connectivity index (χ1) is 8.49. The number of aromatic nitrogens is 1. The minimum absolute atomic E-state index is 0.0891. The number of hydrogen-bond donors (Lipinski definition) is 0. The number of carbonyl (C=O) groups excluding carboxylic acids is 2. The second-order valence-corrected chi connectivity index (χ2v) is 6.45. The molecule has 0 spiro atoms. The van der Waals surface area contributed by atoms with Gasteiger partial charge >= 0.3 is 0 Å². The van der Waals surface area contributed by atoms with Crippen LogP contribution in [0.15, 0.2) is 5.38 Å². The zero-order chi connectivity index (χ0) is 13.3. The molecular formula is C11H15N3O2S2. The van der Waals surface area contributed by atoms with E-state index in [1.807, 2.05) is 0 Å².